The highest BCUT2D eigenvalue weighted by Gasteiger charge is 2.55. The molecule has 29 heavy (non-hydrogen) atoms. The number of quaternary nitrogens is 1. The number of hydrogen-bond acceptors (Lipinski definition) is 2. The number of para-hydroxylation sites is 1. The molecule has 5 atom stereocenters. The number of nitrogens with two attached hydrogens (primary N) is 1. The number of allylic oxidation sites excluding steroid dienone is 1. The minimum atomic E-state index is 0.0382. The summed E-state index contributed by atoms with van der Waals surface area (Å²) in [6.07, 6.45) is 9.02. The van der Waals surface area contributed by atoms with Gasteiger partial charge in [-0.25, -0.2) is 0 Å². The first-order chi connectivity index (χ1) is 14.0. The Morgan fingerprint density at radius 3 is 3.10 bits per heavy atom. The third kappa shape index (κ3) is 3.31. The first-order valence-corrected chi connectivity index (χ1v) is 11.3. The van der Waals surface area contributed by atoms with E-state index >= 15 is 0 Å². The smallest absolute Gasteiger partial charge is 0.315 e. The van der Waals surface area contributed by atoms with E-state index in [0.29, 0.717) is 11.8 Å². The van der Waals surface area contributed by atoms with Gasteiger partial charge in [0.1, 0.15) is 12.0 Å². The van der Waals surface area contributed by atoms with E-state index in [1.807, 2.05) is 0 Å². The molecule has 0 bridgehead atoms. The molecule has 3 aliphatic rings. The van der Waals surface area contributed by atoms with Crippen molar-refractivity contribution in [3.8, 4) is 0 Å². The first kappa shape index (κ1) is 18.9. The van der Waals surface area contributed by atoms with Crippen molar-refractivity contribution in [2.24, 2.45) is 23.2 Å². The highest BCUT2D eigenvalue weighted by Crippen LogP contribution is 2.56. The van der Waals surface area contributed by atoms with Crippen molar-refractivity contribution >= 4 is 16.9 Å². The van der Waals surface area contributed by atoms with Crippen LogP contribution in [0.2, 0.25) is 0 Å². The molecule has 154 valence electrons. The summed E-state index contributed by atoms with van der Waals surface area (Å²) in [4.78, 5) is 16.0. The van der Waals surface area contributed by atoms with Crippen LogP contribution in [0.5, 0.6) is 0 Å². The number of carbonyl (C=O) groups is 1. The van der Waals surface area contributed by atoms with E-state index in [9.17, 15) is 4.79 Å². The second kappa shape index (κ2) is 7.32. The standard InChI is InChI=1S/C25H32N2O2/c1-16-6-5-10-25(2)13-23-19(12-21(16)25)20(24(28)29-23)15-26-11-9-17-14-27-22-8-4-3-7-18(17)22/h3-4,7-8,14,19-21,23,26-27H,1,5-6,9-13,15H2,2H3/p+1/t19-,20-,21-,23-,25-/m1/s1. The number of rotatable bonds is 5. The average molecular weight is 394 g/mol. The summed E-state index contributed by atoms with van der Waals surface area (Å²) in [6, 6.07) is 8.45. The van der Waals surface area contributed by atoms with Gasteiger partial charge in [0.25, 0.3) is 0 Å². The van der Waals surface area contributed by atoms with E-state index in [1.165, 1.54) is 34.9 Å². The highest BCUT2D eigenvalue weighted by atomic mass is 16.6. The second-order valence-corrected chi connectivity index (χ2v) is 9.83. The Morgan fingerprint density at radius 1 is 1.34 bits per heavy atom. The predicted molar refractivity (Wildman–Crippen MR) is 114 cm³/mol. The molecule has 2 saturated carbocycles. The molecule has 0 amide bonds. The van der Waals surface area contributed by atoms with Crippen molar-refractivity contribution in [3.05, 3.63) is 48.2 Å². The number of aromatic nitrogens is 1. The largest absolute Gasteiger partial charge is 0.462 e. The summed E-state index contributed by atoms with van der Waals surface area (Å²) in [5, 5.41) is 3.63. The van der Waals surface area contributed by atoms with E-state index < -0.39 is 0 Å². The molecule has 2 aromatic rings. The Balaban J connectivity index is 1.20. The van der Waals surface area contributed by atoms with Gasteiger partial charge in [-0.15, -0.1) is 0 Å². The lowest BCUT2D eigenvalue weighted by Gasteiger charge is -2.49. The van der Waals surface area contributed by atoms with Crippen molar-refractivity contribution in [1.29, 1.82) is 0 Å². The average Bonchev–Trinajstić information content (AvgIpc) is 3.24. The summed E-state index contributed by atoms with van der Waals surface area (Å²) in [5.41, 5.74) is 4.25. The summed E-state index contributed by atoms with van der Waals surface area (Å²) in [6.45, 7) is 8.63. The maximum Gasteiger partial charge on any atom is 0.315 e. The zero-order chi connectivity index (χ0) is 20.0. The molecule has 0 spiro atoms. The molecule has 1 saturated heterocycles. The van der Waals surface area contributed by atoms with Crippen molar-refractivity contribution in [2.75, 3.05) is 13.1 Å². The van der Waals surface area contributed by atoms with Crippen LogP contribution in [-0.4, -0.2) is 30.1 Å². The van der Waals surface area contributed by atoms with Gasteiger partial charge >= 0.3 is 5.97 Å². The molecule has 4 heteroatoms. The van der Waals surface area contributed by atoms with Gasteiger partial charge in [0.15, 0.2) is 0 Å². The van der Waals surface area contributed by atoms with E-state index in [1.54, 1.807) is 0 Å². The fraction of sp³-hybridized carbons (Fsp3) is 0.560. The van der Waals surface area contributed by atoms with Crippen LogP contribution in [0.1, 0.15) is 44.6 Å². The molecule has 5 rings (SSSR count). The topological polar surface area (TPSA) is 58.7 Å². The molecule has 0 unspecified atom stereocenters. The predicted octanol–water partition coefficient (Wildman–Crippen LogP) is 3.59. The number of hydrogen-bond donors (Lipinski definition) is 2. The molecule has 3 fully saturated rings. The summed E-state index contributed by atoms with van der Waals surface area (Å²) >= 11 is 0. The highest BCUT2D eigenvalue weighted by molar-refractivity contribution is 5.83. The van der Waals surface area contributed by atoms with Gasteiger partial charge in [0.05, 0.1) is 13.1 Å². The minimum absolute atomic E-state index is 0.0382. The van der Waals surface area contributed by atoms with Crippen LogP contribution >= 0.6 is 0 Å². The van der Waals surface area contributed by atoms with Crippen molar-refractivity contribution < 1.29 is 14.8 Å². The Morgan fingerprint density at radius 2 is 2.21 bits per heavy atom. The van der Waals surface area contributed by atoms with Gasteiger partial charge in [0, 0.05) is 29.4 Å². The lowest BCUT2D eigenvalue weighted by molar-refractivity contribution is -0.658. The lowest BCUT2D eigenvalue weighted by atomic mass is 9.55. The van der Waals surface area contributed by atoms with E-state index in [0.717, 1.165) is 38.8 Å². The van der Waals surface area contributed by atoms with Gasteiger partial charge in [-0.3, -0.25) is 4.79 Å². The fourth-order valence-electron chi connectivity index (χ4n) is 6.42. The summed E-state index contributed by atoms with van der Waals surface area (Å²) in [5.74, 6) is 1.03. The Hall–Kier alpha value is -2.07. The number of carbonyl (C=O) groups excluding carboxylic acids is 1. The molecule has 4 nitrogen and oxygen atoms in total. The Kier molecular flexibility index (Phi) is 4.78. The third-order valence-corrected chi connectivity index (χ3v) is 8.03. The molecule has 0 radical (unpaired) electrons. The molecular formula is C25H33N2O2+. The monoisotopic (exact) mass is 393 g/mol. The van der Waals surface area contributed by atoms with Crippen LogP contribution in [-0.2, 0) is 16.0 Å². The zero-order valence-corrected chi connectivity index (χ0v) is 17.5. The Labute approximate surface area is 173 Å². The molecule has 3 N–H and O–H groups in total. The zero-order valence-electron chi connectivity index (χ0n) is 17.5. The molecule has 1 aliphatic heterocycles. The molecule has 1 aromatic heterocycles. The second-order valence-electron chi connectivity index (χ2n) is 9.83. The van der Waals surface area contributed by atoms with Crippen LogP contribution in [0.4, 0.5) is 0 Å². The van der Waals surface area contributed by atoms with E-state index in [-0.39, 0.29) is 23.4 Å². The number of aromatic amines is 1. The normalized spacial score (nSPS) is 34.1. The maximum atomic E-state index is 12.7. The van der Waals surface area contributed by atoms with Crippen molar-refractivity contribution in [1.82, 2.24) is 4.98 Å². The van der Waals surface area contributed by atoms with Crippen LogP contribution < -0.4 is 5.32 Å². The SMILES string of the molecule is C=C1CCC[C@]2(C)C[C@H]3OC(=O)[C@H](C[NH2+]CCc4c[nH]c5ccccc45)[C@H]3C[C@H]12. The Bertz CT molecular complexity index is 932. The van der Waals surface area contributed by atoms with Gasteiger partial charge in [-0.1, -0.05) is 37.3 Å². The van der Waals surface area contributed by atoms with Crippen molar-refractivity contribution in [3.63, 3.8) is 0 Å². The molecule has 2 heterocycles. The quantitative estimate of drug-likeness (QED) is 0.463. The number of H-pyrrole nitrogens is 1. The lowest BCUT2D eigenvalue weighted by Crippen LogP contribution is -2.86. The summed E-state index contributed by atoms with van der Waals surface area (Å²) < 4.78 is 5.89. The van der Waals surface area contributed by atoms with Crippen LogP contribution in [0.25, 0.3) is 10.9 Å². The molecular weight excluding hydrogens is 360 g/mol. The first-order valence-electron chi connectivity index (χ1n) is 11.3. The van der Waals surface area contributed by atoms with Gasteiger partial charge in [0.2, 0.25) is 0 Å². The van der Waals surface area contributed by atoms with Gasteiger partial charge in [-0.2, -0.15) is 0 Å². The van der Waals surface area contributed by atoms with Crippen LogP contribution in [0.15, 0.2) is 42.6 Å². The number of fused-ring (bicyclic) bond motifs is 3. The van der Waals surface area contributed by atoms with Gasteiger partial charge in [-0.05, 0) is 55.1 Å². The van der Waals surface area contributed by atoms with E-state index in [4.69, 9.17) is 4.74 Å². The molecule has 2 aliphatic carbocycles. The van der Waals surface area contributed by atoms with Crippen LogP contribution in [0.3, 0.4) is 0 Å². The maximum absolute atomic E-state index is 12.7. The van der Waals surface area contributed by atoms with Gasteiger partial charge < -0.3 is 15.0 Å². The number of ether oxygens (including phenoxy) is 1. The molecule has 1 aromatic carbocycles. The number of esters is 1. The third-order valence-electron chi connectivity index (χ3n) is 8.03. The summed E-state index contributed by atoms with van der Waals surface area (Å²) in [7, 11) is 0. The van der Waals surface area contributed by atoms with E-state index in [2.05, 4.69) is 54.3 Å². The number of benzene rings is 1. The minimum Gasteiger partial charge on any atom is -0.462 e. The van der Waals surface area contributed by atoms with Crippen LogP contribution in [0, 0.1) is 23.2 Å². The fourth-order valence-corrected chi connectivity index (χ4v) is 6.42. The number of nitrogens with one attached hydrogen (secondary N) is 1. The van der Waals surface area contributed by atoms with Crippen molar-refractivity contribution in [2.45, 2.75) is 51.6 Å².